The monoisotopic (exact) mass is 244 g/mol. The fourth-order valence-electron chi connectivity index (χ4n) is 1.82. The van der Waals surface area contributed by atoms with Crippen molar-refractivity contribution in [3.63, 3.8) is 0 Å². The van der Waals surface area contributed by atoms with E-state index in [1.807, 2.05) is 20.8 Å². The second kappa shape index (κ2) is 8.63. The molecule has 0 amide bonds. The Balaban J connectivity index is 0. The number of nitrogens with zero attached hydrogens (tertiary/aromatic N) is 1. The molecule has 0 aromatic rings. The molecule has 0 heterocycles. The first-order valence-electron chi connectivity index (χ1n) is 5.73. The van der Waals surface area contributed by atoms with Crippen LogP contribution in [0.5, 0.6) is 0 Å². The average Bonchev–Trinajstić information content (AvgIpc) is 2.03. The summed E-state index contributed by atoms with van der Waals surface area (Å²) >= 11 is 0. The van der Waals surface area contributed by atoms with E-state index < -0.39 is 5.60 Å². The molecule has 0 aliphatic carbocycles. The second-order valence-electron chi connectivity index (χ2n) is 4.34. The van der Waals surface area contributed by atoms with Crippen molar-refractivity contribution >= 4 is 5.71 Å². The van der Waals surface area contributed by atoms with E-state index in [1.54, 1.807) is 0 Å². The van der Waals surface area contributed by atoms with Crippen molar-refractivity contribution < 1.29 is 30.9 Å². The standard InChI is InChI=1S/C12H25NO.Sc/c1-6-8-12(14,9-7-2)11(5)13-10(3)4;/h10,14H,6-9H2,1-5H3;. The van der Waals surface area contributed by atoms with Gasteiger partial charge in [-0.1, -0.05) is 26.7 Å². The molecule has 0 rings (SSSR count). The van der Waals surface area contributed by atoms with Crippen LogP contribution in [-0.2, 0) is 25.8 Å². The smallest absolute Gasteiger partial charge is 0.102 e. The Morgan fingerprint density at radius 1 is 1.20 bits per heavy atom. The minimum atomic E-state index is -0.659. The minimum Gasteiger partial charge on any atom is -0.384 e. The normalized spacial score (nSPS) is 12.9. The van der Waals surface area contributed by atoms with E-state index in [0.717, 1.165) is 31.4 Å². The largest absolute Gasteiger partial charge is 0.384 e. The van der Waals surface area contributed by atoms with Gasteiger partial charge in [0.05, 0.1) is 0 Å². The van der Waals surface area contributed by atoms with Crippen LogP contribution < -0.4 is 0 Å². The first-order chi connectivity index (χ1) is 6.46. The van der Waals surface area contributed by atoms with Crippen molar-refractivity contribution in [3.05, 3.63) is 0 Å². The maximum Gasteiger partial charge on any atom is 0.102 e. The molecule has 87 valence electrons. The topological polar surface area (TPSA) is 32.6 Å². The van der Waals surface area contributed by atoms with E-state index in [2.05, 4.69) is 18.8 Å². The molecule has 1 radical (unpaired) electrons. The SMILES string of the molecule is CCCC(O)(CCC)C(C)=NC(C)C.[Sc]. The molecule has 0 bridgehead atoms. The molecule has 0 aliphatic heterocycles. The first-order valence-corrected chi connectivity index (χ1v) is 5.73. The number of rotatable bonds is 6. The van der Waals surface area contributed by atoms with Crippen LogP contribution in [0.25, 0.3) is 0 Å². The molecule has 1 N–H and O–H groups in total. The Morgan fingerprint density at radius 2 is 1.60 bits per heavy atom. The summed E-state index contributed by atoms with van der Waals surface area (Å²) < 4.78 is 0. The third-order valence-corrected chi connectivity index (χ3v) is 2.45. The summed E-state index contributed by atoms with van der Waals surface area (Å²) in [5.74, 6) is 0. The van der Waals surface area contributed by atoms with E-state index in [-0.39, 0.29) is 31.9 Å². The molecule has 0 saturated heterocycles. The number of hydrogen-bond acceptors (Lipinski definition) is 2. The van der Waals surface area contributed by atoms with Crippen molar-refractivity contribution in [2.24, 2.45) is 4.99 Å². The summed E-state index contributed by atoms with van der Waals surface area (Å²) in [5.41, 5.74) is 0.240. The number of hydrogen-bond donors (Lipinski definition) is 1. The fraction of sp³-hybridized carbons (Fsp3) is 0.917. The summed E-state index contributed by atoms with van der Waals surface area (Å²) in [4.78, 5) is 4.45. The second-order valence-corrected chi connectivity index (χ2v) is 4.34. The van der Waals surface area contributed by atoms with Gasteiger partial charge in [-0.05, 0) is 33.6 Å². The summed E-state index contributed by atoms with van der Waals surface area (Å²) in [6, 6.07) is 0.273. The third kappa shape index (κ3) is 6.62. The maximum absolute atomic E-state index is 10.4. The Kier molecular flexibility index (Phi) is 10.3. The molecule has 0 aliphatic rings. The molecule has 0 atom stereocenters. The van der Waals surface area contributed by atoms with Crippen molar-refractivity contribution in [2.45, 2.75) is 71.9 Å². The molecule has 0 saturated carbocycles. The van der Waals surface area contributed by atoms with Gasteiger partial charge in [0.1, 0.15) is 5.60 Å². The van der Waals surface area contributed by atoms with Crippen LogP contribution in [0.15, 0.2) is 4.99 Å². The van der Waals surface area contributed by atoms with Gasteiger partial charge in [0, 0.05) is 37.6 Å². The van der Waals surface area contributed by atoms with Crippen LogP contribution in [0.4, 0.5) is 0 Å². The van der Waals surface area contributed by atoms with Crippen molar-refractivity contribution in [1.29, 1.82) is 0 Å². The molecular weight excluding hydrogens is 219 g/mol. The summed E-state index contributed by atoms with van der Waals surface area (Å²) in [7, 11) is 0. The molecule has 2 nitrogen and oxygen atoms in total. The molecule has 0 unspecified atom stereocenters. The van der Waals surface area contributed by atoms with Crippen molar-refractivity contribution in [3.8, 4) is 0 Å². The van der Waals surface area contributed by atoms with Gasteiger partial charge in [-0.25, -0.2) is 0 Å². The van der Waals surface area contributed by atoms with Gasteiger partial charge < -0.3 is 5.11 Å². The third-order valence-electron chi connectivity index (χ3n) is 2.45. The predicted molar refractivity (Wildman–Crippen MR) is 63.0 cm³/mol. The molecule has 15 heavy (non-hydrogen) atoms. The summed E-state index contributed by atoms with van der Waals surface area (Å²) in [5, 5.41) is 10.4. The summed E-state index contributed by atoms with van der Waals surface area (Å²) in [6.07, 6.45) is 3.65. The van der Waals surface area contributed by atoms with Gasteiger partial charge in [0.2, 0.25) is 0 Å². The van der Waals surface area contributed by atoms with E-state index >= 15 is 0 Å². The van der Waals surface area contributed by atoms with Gasteiger partial charge in [-0.15, -0.1) is 0 Å². The fourth-order valence-corrected chi connectivity index (χ4v) is 1.82. The van der Waals surface area contributed by atoms with Crippen molar-refractivity contribution in [2.75, 3.05) is 0 Å². The van der Waals surface area contributed by atoms with Crippen LogP contribution in [0.3, 0.4) is 0 Å². The van der Waals surface area contributed by atoms with Crippen LogP contribution in [0.2, 0.25) is 0 Å². The number of aliphatic hydroxyl groups is 1. The van der Waals surface area contributed by atoms with Crippen LogP contribution in [0, 0.1) is 0 Å². The maximum atomic E-state index is 10.4. The Morgan fingerprint density at radius 3 is 1.87 bits per heavy atom. The molecular formula is C12H25NOSc. The zero-order chi connectivity index (χ0) is 11.2. The molecule has 3 heteroatoms. The Bertz CT molecular complexity index is 184. The summed E-state index contributed by atoms with van der Waals surface area (Å²) in [6.45, 7) is 10.2. The molecule has 0 fully saturated rings. The van der Waals surface area contributed by atoms with Gasteiger partial charge in [-0.3, -0.25) is 4.99 Å². The predicted octanol–water partition coefficient (Wildman–Crippen LogP) is 3.18. The van der Waals surface area contributed by atoms with Gasteiger partial charge in [0.15, 0.2) is 0 Å². The van der Waals surface area contributed by atoms with Gasteiger partial charge in [-0.2, -0.15) is 0 Å². The zero-order valence-electron chi connectivity index (χ0n) is 10.9. The first kappa shape index (κ1) is 17.9. The molecule has 0 aromatic heterocycles. The minimum absolute atomic E-state index is 0. The van der Waals surface area contributed by atoms with Gasteiger partial charge >= 0.3 is 0 Å². The van der Waals surface area contributed by atoms with Gasteiger partial charge in [0.25, 0.3) is 0 Å². The zero-order valence-corrected chi connectivity index (χ0v) is 12.7. The van der Waals surface area contributed by atoms with Crippen molar-refractivity contribution in [1.82, 2.24) is 0 Å². The Labute approximate surface area is 113 Å². The van der Waals surface area contributed by atoms with E-state index in [0.29, 0.717) is 0 Å². The quantitative estimate of drug-likeness (QED) is 0.715. The average molecular weight is 244 g/mol. The van der Waals surface area contributed by atoms with E-state index in [1.165, 1.54) is 0 Å². The van der Waals surface area contributed by atoms with Crippen LogP contribution in [-0.4, -0.2) is 22.5 Å². The van der Waals surface area contributed by atoms with Crippen LogP contribution >= 0.6 is 0 Å². The van der Waals surface area contributed by atoms with Crippen LogP contribution in [0.1, 0.15) is 60.3 Å². The number of aliphatic imine (C=N–C) groups is 1. The molecule has 0 aromatic carbocycles. The van der Waals surface area contributed by atoms with E-state index in [4.69, 9.17) is 0 Å². The molecule has 0 spiro atoms. The Hall–Kier alpha value is 0.500. The van der Waals surface area contributed by atoms with E-state index in [9.17, 15) is 5.11 Å².